The maximum atomic E-state index is 12.6. The van der Waals surface area contributed by atoms with Crippen LogP contribution in [0.3, 0.4) is 0 Å². The predicted molar refractivity (Wildman–Crippen MR) is 110 cm³/mol. The first kappa shape index (κ1) is 18.1. The van der Waals surface area contributed by atoms with Crippen LogP contribution in [0.25, 0.3) is 15.9 Å². The lowest BCUT2D eigenvalue weighted by atomic mass is 10.2. The monoisotopic (exact) mass is 421 g/mol. The summed E-state index contributed by atoms with van der Waals surface area (Å²) in [6.07, 6.45) is 7.19. The number of hydrogen-bond acceptors (Lipinski definition) is 6. The number of nitrogens with zero attached hydrogens (tertiary/aromatic N) is 5. The largest absolute Gasteiger partial charge is 0.502 e. The lowest BCUT2D eigenvalue weighted by Gasteiger charge is -2.09. The van der Waals surface area contributed by atoms with Gasteiger partial charge < -0.3 is 14.6 Å². The van der Waals surface area contributed by atoms with E-state index in [1.165, 1.54) is 15.9 Å². The summed E-state index contributed by atoms with van der Waals surface area (Å²) in [5, 5.41) is 25.6. The van der Waals surface area contributed by atoms with Crippen molar-refractivity contribution in [2.45, 2.75) is 13.1 Å². The third kappa shape index (κ3) is 2.85. The zero-order valence-corrected chi connectivity index (χ0v) is 16.3. The van der Waals surface area contributed by atoms with Gasteiger partial charge in [0.05, 0.1) is 41.4 Å². The second-order valence-corrected chi connectivity index (χ2v) is 7.70. The highest BCUT2D eigenvalue weighted by molar-refractivity contribution is 7.17. The van der Waals surface area contributed by atoms with Gasteiger partial charge >= 0.3 is 5.97 Å². The van der Waals surface area contributed by atoms with E-state index in [0.29, 0.717) is 16.8 Å². The molecule has 0 fully saturated rings. The maximum Gasteiger partial charge on any atom is 0.341 e. The Morgan fingerprint density at radius 2 is 2.03 bits per heavy atom. The first-order valence-electron chi connectivity index (χ1n) is 9.01. The SMILES string of the molecule is O=C(O)c1c(O)c(=O)n(Cc2cnn(Cc3cnc4ccccn34)c2)c2ccsc12. The molecule has 0 unspecified atom stereocenters. The first-order valence-corrected chi connectivity index (χ1v) is 9.89. The number of thiophene rings is 1. The molecule has 150 valence electrons. The van der Waals surface area contributed by atoms with E-state index in [2.05, 4.69) is 10.1 Å². The molecule has 0 atom stereocenters. The van der Waals surface area contributed by atoms with Crippen LogP contribution in [0.5, 0.6) is 5.75 Å². The quantitative estimate of drug-likeness (QED) is 0.450. The molecule has 5 rings (SSSR count). The van der Waals surface area contributed by atoms with Gasteiger partial charge in [-0.15, -0.1) is 11.3 Å². The van der Waals surface area contributed by atoms with E-state index in [1.54, 1.807) is 28.5 Å². The van der Waals surface area contributed by atoms with E-state index in [-0.39, 0.29) is 12.1 Å². The molecule has 0 bridgehead atoms. The summed E-state index contributed by atoms with van der Waals surface area (Å²) in [5.74, 6) is -2.08. The average molecular weight is 421 g/mol. The lowest BCUT2D eigenvalue weighted by Crippen LogP contribution is -2.22. The van der Waals surface area contributed by atoms with Crippen LogP contribution in [-0.4, -0.2) is 39.9 Å². The average Bonchev–Trinajstić information content (AvgIpc) is 3.46. The van der Waals surface area contributed by atoms with E-state index in [4.69, 9.17) is 0 Å². The molecule has 0 amide bonds. The third-order valence-electron chi connectivity index (χ3n) is 4.91. The summed E-state index contributed by atoms with van der Waals surface area (Å²) < 4.78 is 5.44. The predicted octanol–water partition coefficient (Wildman–Crippen LogP) is 2.41. The molecule has 2 N–H and O–H groups in total. The number of aromatic nitrogens is 5. The minimum absolute atomic E-state index is 0.159. The molecule has 0 spiro atoms. The molecule has 5 aromatic rings. The molecule has 0 aliphatic heterocycles. The van der Waals surface area contributed by atoms with Crippen molar-refractivity contribution in [3.63, 3.8) is 0 Å². The number of hydrogen-bond donors (Lipinski definition) is 2. The minimum atomic E-state index is -1.33. The van der Waals surface area contributed by atoms with E-state index in [1.807, 2.05) is 35.0 Å². The minimum Gasteiger partial charge on any atom is -0.502 e. The van der Waals surface area contributed by atoms with Crippen LogP contribution in [0, 0.1) is 0 Å². The number of imidazole rings is 1. The van der Waals surface area contributed by atoms with E-state index >= 15 is 0 Å². The van der Waals surface area contributed by atoms with Crippen molar-refractivity contribution in [1.82, 2.24) is 23.7 Å². The molecule has 9 nitrogen and oxygen atoms in total. The number of carboxylic acid groups (broad SMARTS) is 1. The van der Waals surface area contributed by atoms with Crippen LogP contribution >= 0.6 is 11.3 Å². The van der Waals surface area contributed by atoms with Gasteiger partial charge in [0.15, 0.2) is 5.75 Å². The molecule has 0 radical (unpaired) electrons. The highest BCUT2D eigenvalue weighted by Crippen LogP contribution is 2.29. The molecule has 0 aliphatic rings. The second kappa shape index (κ2) is 6.85. The van der Waals surface area contributed by atoms with Crippen LogP contribution in [0.2, 0.25) is 0 Å². The van der Waals surface area contributed by atoms with Gasteiger partial charge in [0.25, 0.3) is 5.56 Å². The number of fused-ring (bicyclic) bond motifs is 2. The van der Waals surface area contributed by atoms with Crippen LogP contribution in [0.4, 0.5) is 0 Å². The molecule has 5 heterocycles. The zero-order valence-electron chi connectivity index (χ0n) is 15.5. The van der Waals surface area contributed by atoms with Crippen molar-refractivity contribution < 1.29 is 15.0 Å². The number of aromatic hydroxyl groups is 1. The van der Waals surface area contributed by atoms with Gasteiger partial charge in [-0.2, -0.15) is 5.10 Å². The molecule has 0 aromatic carbocycles. The molecular weight excluding hydrogens is 406 g/mol. The molecular formula is C20H15N5O4S. The second-order valence-electron chi connectivity index (χ2n) is 6.78. The Labute approximate surface area is 172 Å². The van der Waals surface area contributed by atoms with E-state index in [0.717, 1.165) is 16.9 Å². The molecule has 0 saturated carbocycles. The summed E-state index contributed by atoms with van der Waals surface area (Å²) >= 11 is 1.17. The normalized spacial score (nSPS) is 11.5. The van der Waals surface area contributed by atoms with Crippen molar-refractivity contribution in [3.8, 4) is 5.75 Å². The Hall–Kier alpha value is -3.92. The number of pyridine rings is 2. The lowest BCUT2D eigenvalue weighted by molar-refractivity contribution is 0.0695. The number of rotatable bonds is 5. The van der Waals surface area contributed by atoms with Crippen molar-refractivity contribution in [2.75, 3.05) is 0 Å². The highest BCUT2D eigenvalue weighted by Gasteiger charge is 2.22. The number of carboxylic acids is 1. The van der Waals surface area contributed by atoms with E-state index in [9.17, 15) is 19.8 Å². The van der Waals surface area contributed by atoms with E-state index < -0.39 is 17.3 Å². The summed E-state index contributed by atoms with van der Waals surface area (Å²) in [7, 11) is 0. The Kier molecular flexibility index (Phi) is 4.14. The van der Waals surface area contributed by atoms with Crippen molar-refractivity contribution in [1.29, 1.82) is 0 Å². The summed E-state index contributed by atoms with van der Waals surface area (Å²) in [6.45, 7) is 0.657. The van der Waals surface area contributed by atoms with Crippen LogP contribution in [0.15, 0.2) is 59.2 Å². The van der Waals surface area contributed by atoms with Gasteiger partial charge in [0.1, 0.15) is 11.2 Å². The molecule has 0 aliphatic carbocycles. The van der Waals surface area contributed by atoms with Gasteiger partial charge in [-0.3, -0.25) is 14.0 Å². The third-order valence-corrected chi connectivity index (χ3v) is 5.83. The zero-order chi connectivity index (χ0) is 20.8. The van der Waals surface area contributed by atoms with Crippen LogP contribution in [0.1, 0.15) is 21.6 Å². The topological polar surface area (TPSA) is 115 Å². The van der Waals surface area contributed by atoms with Crippen molar-refractivity contribution in [3.05, 3.63) is 81.6 Å². The number of aromatic carboxylic acids is 1. The molecule has 0 saturated heterocycles. The molecule has 30 heavy (non-hydrogen) atoms. The van der Waals surface area contributed by atoms with Gasteiger partial charge in [-0.05, 0) is 23.6 Å². The Balaban J connectivity index is 1.49. The fourth-order valence-corrected chi connectivity index (χ4v) is 4.47. The Morgan fingerprint density at radius 3 is 2.87 bits per heavy atom. The fourth-order valence-electron chi connectivity index (χ4n) is 3.53. The summed E-state index contributed by atoms with van der Waals surface area (Å²) in [5.41, 5.74) is 1.93. The first-order chi connectivity index (χ1) is 14.5. The Morgan fingerprint density at radius 1 is 1.17 bits per heavy atom. The van der Waals surface area contributed by atoms with Crippen LogP contribution in [-0.2, 0) is 13.1 Å². The Bertz CT molecular complexity index is 1480. The van der Waals surface area contributed by atoms with Crippen molar-refractivity contribution in [2.24, 2.45) is 0 Å². The highest BCUT2D eigenvalue weighted by atomic mass is 32.1. The van der Waals surface area contributed by atoms with Crippen LogP contribution < -0.4 is 5.56 Å². The van der Waals surface area contributed by atoms with Gasteiger partial charge in [-0.25, -0.2) is 9.78 Å². The summed E-state index contributed by atoms with van der Waals surface area (Å²) in [6, 6.07) is 7.45. The maximum absolute atomic E-state index is 12.6. The molecule has 5 aromatic heterocycles. The fraction of sp³-hybridized carbons (Fsp3) is 0.100. The van der Waals surface area contributed by atoms with Gasteiger partial charge in [0, 0.05) is 18.0 Å². The summed E-state index contributed by atoms with van der Waals surface area (Å²) in [4.78, 5) is 28.5. The standard InChI is InChI=1S/C20H15N5O4S/c26-17-16(20(28)29)18-14(4-6-30-18)25(19(17)27)10-12-7-22-23(9-12)11-13-8-21-15-3-1-2-5-24(13)15/h1-9,26H,10-11H2,(H,28,29). The van der Waals surface area contributed by atoms with Gasteiger partial charge in [0.2, 0.25) is 0 Å². The van der Waals surface area contributed by atoms with Crippen molar-refractivity contribution >= 4 is 33.2 Å². The number of carbonyl (C=O) groups is 1. The molecule has 10 heteroatoms. The smallest absolute Gasteiger partial charge is 0.341 e. The van der Waals surface area contributed by atoms with Gasteiger partial charge in [-0.1, -0.05) is 6.07 Å².